The molecule has 0 fully saturated rings. The van der Waals surface area contributed by atoms with Crippen molar-refractivity contribution in [1.82, 2.24) is 0 Å². The first kappa shape index (κ1) is 9.00. The van der Waals surface area contributed by atoms with Crippen molar-refractivity contribution in [2.24, 2.45) is 5.73 Å². The summed E-state index contributed by atoms with van der Waals surface area (Å²) >= 11 is 0. The molecular weight excluding hydrogens is 157 g/mol. The van der Waals surface area contributed by atoms with Gasteiger partial charge in [-0.05, 0) is 24.6 Å². The monoisotopic (exact) mass is 169 g/mol. The van der Waals surface area contributed by atoms with E-state index in [9.17, 15) is 4.39 Å². The maximum atomic E-state index is 13.0. The molecule has 0 unspecified atom stereocenters. The summed E-state index contributed by atoms with van der Waals surface area (Å²) in [5.41, 5.74) is 6.34. The van der Waals surface area contributed by atoms with E-state index in [0.29, 0.717) is 0 Å². The van der Waals surface area contributed by atoms with Crippen LogP contribution in [0, 0.1) is 5.82 Å². The van der Waals surface area contributed by atoms with Crippen LogP contribution in [0.4, 0.5) is 4.39 Å². The van der Waals surface area contributed by atoms with E-state index in [0.717, 1.165) is 5.56 Å². The molecule has 0 heterocycles. The minimum atomic E-state index is -0.368. The molecule has 0 aliphatic rings. The van der Waals surface area contributed by atoms with Gasteiger partial charge in [0.05, 0.1) is 7.11 Å². The lowest BCUT2D eigenvalue weighted by atomic mass is 10.1. The Labute approximate surface area is 71.1 Å². The second kappa shape index (κ2) is 3.54. The van der Waals surface area contributed by atoms with Crippen LogP contribution in [0.25, 0.3) is 0 Å². The van der Waals surface area contributed by atoms with Crippen LogP contribution in [0.3, 0.4) is 0 Å². The van der Waals surface area contributed by atoms with E-state index in [2.05, 4.69) is 0 Å². The second-order valence-electron chi connectivity index (χ2n) is 2.68. The normalized spacial score (nSPS) is 12.7. The van der Waals surface area contributed by atoms with Gasteiger partial charge >= 0.3 is 0 Å². The first-order chi connectivity index (χ1) is 5.65. The minimum Gasteiger partial charge on any atom is -0.494 e. The third kappa shape index (κ3) is 1.74. The highest BCUT2D eigenvalue weighted by atomic mass is 19.1. The lowest BCUT2D eigenvalue weighted by Crippen LogP contribution is -2.05. The Hall–Kier alpha value is -1.09. The van der Waals surface area contributed by atoms with E-state index in [1.807, 2.05) is 0 Å². The average Bonchev–Trinajstić information content (AvgIpc) is 2.04. The predicted molar refractivity (Wildman–Crippen MR) is 45.6 cm³/mol. The third-order valence-electron chi connectivity index (χ3n) is 1.70. The van der Waals surface area contributed by atoms with Crippen molar-refractivity contribution in [3.8, 4) is 5.75 Å². The lowest BCUT2D eigenvalue weighted by molar-refractivity contribution is 0.386. The number of hydrogen-bond acceptors (Lipinski definition) is 2. The minimum absolute atomic E-state index is 0.148. The first-order valence-corrected chi connectivity index (χ1v) is 3.74. The number of rotatable bonds is 2. The summed E-state index contributed by atoms with van der Waals surface area (Å²) < 4.78 is 17.8. The van der Waals surface area contributed by atoms with Gasteiger partial charge in [-0.2, -0.15) is 0 Å². The third-order valence-corrected chi connectivity index (χ3v) is 1.70. The molecule has 0 saturated heterocycles. The molecule has 0 aliphatic heterocycles. The van der Waals surface area contributed by atoms with E-state index in [4.69, 9.17) is 10.5 Å². The molecule has 2 nitrogen and oxygen atoms in total. The highest BCUT2D eigenvalue weighted by Crippen LogP contribution is 2.20. The second-order valence-corrected chi connectivity index (χ2v) is 2.68. The Morgan fingerprint density at radius 2 is 2.17 bits per heavy atom. The van der Waals surface area contributed by atoms with Gasteiger partial charge in [-0.3, -0.25) is 0 Å². The van der Waals surface area contributed by atoms with Crippen molar-refractivity contribution in [3.05, 3.63) is 29.6 Å². The summed E-state index contributed by atoms with van der Waals surface area (Å²) in [6.07, 6.45) is 0. The van der Waals surface area contributed by atoms with Gasteiger partial charge in [0.15, 0.2) is 11.6 Å². The molecule has 0 spiro atoms. The number of methoxy groups -OCH3 is 1. The van der Waals surface area contributed by atoms with Crippen molar-refractivity contribution >= 4 is 0 Å². The predicted octanol–water partition coefficient (Wildman–Crippen LogP) is 1.85. The first-order valence-electron chi connectivity index (χ1n) is 3.74. The van der Waals surface area contributed by atoms with Gasteiger partial charge in [0.25, 0.3) is 0 Å². The lowest BCUT2D eigenvalue weighted by Gasteiger charge is -2.07. The van der Waals surface area contributed by atoms with Gasteiger partial charge in [-0.15, -0.1) is 0 Å². The van der Waals surface area contributed by atoms with Crippen LogP contribution in [0.1, 0.15) is 18.5 Å². The van der Waals surface area contributed by atoms with Gasteiger partial charge in [-0.1, -0.05) is 6.07 Å². The summed E-state index contributed by atoms with van der Waals surface area (Å²) in [7, 11) is 1.43. The van der Waals surface area contributed by atoms with Crippen molar-refractivity contribution in [2.45, 2.75) is 13.0 Å². The molecule has 2 N–H and O–H groups in total. The summed E-state index contributed by atoms with van der Waals surface area (Å²) in [6.45, 7) is 1.81. The molecule has 0 bridgehead atoms. The molecule has 1 rings (SSSR count). The number of ether oxygens (including phenoxy) is 1. The molecule has 12 heavy (non-hydrogen) atoms. The van der Waals surface area contributed by atoms with Crippen LogP contribution in [-0.4, -0.2) is 7.11 Å². The van der Waals surface area contributed by atoms with Gasteiger partial charge < -0.3 is 10.5 Å². The van der Waals surface area contributed by atoms with Gasteiger partial charge in [-0.25, -0.2) is 4.39 Å². The van der Waals surface area contributed by atoms with E-state index in [-0.39, 0.29) is 17.6 Å². The molecule has 1 aromatic rings. The number of hydrogen-bond donors (Lipinski definition) is 1. The van der Waals surface area contributed by atoms with Crippen LogP contribution >= 0.6 is 0 Å². The fourth-order valence-corrected chi connectivity index (χ4v) is 0.966. The van der Waals surface area contributed by atoms with E-state index in [1.54, 1.807) is 19.1 Å². The largest absolute Gasteiger partial charge is 0.494 e. The Bertz CT molecular complexity index is 273. The molecule has 1 aromatic carbocycles. The fraction of sp³-hybridized carbons (Fsp3) is 0.333. The van der Waals surface area contributed by atoms with Crippen LogP contribution in [0.15, 0.2) is 18.2 Å². The Kier molecular flexibility index (Phi) is 2.65. The molecule has 1 atom stereocenters. The molecule has 0 radical (unpaired) electrons. The standard InChI is InChI=1S/C9H12FNO/c1-6(11)7-3-4-9(12-2)8(10)5-7/h3-6H,11H2,1-2H3/t6-/m0/s1. The number of nitrogens with two attached hydrogens (primary N) is 1. The summed E-state index contributed by atoms with van der Waals surface area (Å²) in [6, 6.07) is 4.58. The average molecular weight is 169 g/mol. The molecular formula is C9H12FNO. The molecule has 3 heteroatoms. The molecule has 0 saturated carbocycles. The summed E-state index contributed by atoms with van der Waals surface area (Å²) in [5.74, 6) is -0.119. The Balaban J connectivity index is 3.02. The number of benzene rings is 1. The van der Waals surface area contributed by atoms with Crippen LogP contribution in [0.5, 0.6) is 5.75 Å². The van der Waals surface area contributed by atoms with Crippen LogP contribution in [-0.2, 0) is 0 Å². The maximum absolute atomic E-state index is 13.0. The molecule has 66 valence electrons. The smallest absolute Gasteiger partial charge is 0.165 e. The Morgan fingerprint density at radius 1 is 1.50 bits per heavy atom. The van der Waals surface area contributed by atoms with Gasteiger partial charge in [0.2, 0.25) is 0 Å². The zero-order valence-corrected chi connectivity index (χ0v) is 7.17. The van der Waals surface area contributed by atoms with Gasteiger partial charge in [0, 0.05) is 6.04 Å². The van der Waals surface area contributed by atoms with Crippen molar-refractivity contribution in [2.75, 3.05) is 7.11 Å². The highest BCUT2D eigenvalue weighted by Gasteiger charge is 2.05. The molecule has 0 aliphatic carbocycles. The highest BCUT2D eigenvalue weighted by molar-refractivity contribution is 5.30. The zero-order valence-electron chi connectivity index (χ0n) is 7.17. The van der Waals surface area contributed by atoms with Crippen molar-refractivity contribution in [1.29, 1.82) is 0 Å². The fourth-order valence-electron chi connectivity index (χ4n) is 0.966. The zero-order chi connectivity index (χ0) is 9.14. The van der Waals surface area contributed by atoms with Crippen molar-refractivity contribution < 1.29 is 9.13 Å². The number of halogens is 1. The van der Waals surface area contributed by atoms with Crippen LogP contribution in [0.2, 0.25) is 0 Å². The molecule has 0 aromatic heterocycles. The maximum Gasteiger partial charge on any atom is 0.165 e. The quantitative estimate of drug-likeness (QED) is 0.733. The summed E-state index contributed by atoms with van der Waals surface area (Å²) in [5, 5.41) is 0. The van der Waals surface area contributed by atoms with Crippen LogP contribution < -0.4 is 10.5 Å². The van der Waals surface area contributed by atoms with E-state index in [1.165, 1.54) is 13.2 Å². The molecule has 0 amide bonds. The SMILES string of the molecule is COc1ccc([C@H](C)N)cc1F. The summed E-state index contributed by atoms with van der Waals surface area (Å²) in [4.78, 5) is 0. The van der Waals surface area contributed by atoms with Gasteiger partial charge in [0.1, 0.15) is 0 Å². The van der Waals surface area contributed by atoms with E-state index >= 15 is 0 Å². The van der Waals surface area contributed by atoms with Crippen molar-refractivity contribution in [3.63, 3.8) is 0 Å². The van der Waals surface area contributed by atoms with E-state index < -0.39 is 0 Å². The topological polar surface area (TPSA) is 35.2 Å². The Morgan fingerprint density at radius 3 is 2.58 bits per heavy atom.